The van der Waals surface area contributed by atoms with Crippen molar-refractivity contribution in [2.75, 3.05) is 13.2 Å². The molecule has 0 radical (unpaired) electrons. The van der Waals surface area contributed by atoms with E-state index in [9.17, 15) is 4.57 Å². The minimum absolute atomic E-state index is 0.229. The van der Waals surface area contributed by atoms with Crippen molar-refractivity contribution in [3.05, 3.63) is 23.2 Å². The Kier molecular flexibility index (Phi) is 4.08. The van der Waals surface area contributed by atoms with E-state index < -0.39 is 7.60 Å². The lowest BCUT2D eigenvalue weighted by molar-refractivity contribution is 0.217. The predicted octanol–water partition coefficient (Wildman–Crippen LogP) is 5.08. The van der Waals surface area contributed by atoms with Gasteiger partial charge in [0.05, 0.1) is 13.2 Å². The third-order valence-electron chi connectivity index (χ3n) is 5.42. The first kappa shape index (κ1) is 16.3. The Balaban J connectivity index is 1.87. The molecule has 1 aromatic rings. The quantitative estimate of drug-likeness (QED) is 0.656. The van der Waals surface area contributed by atoms with Crippen molar-refractivity contribution < 1.29 is 18.0 Å². The summed E-state index contributed by atoms with van der Waals surface area (Å²) in [7, 11) is -3.10. The van der Waals surface area contributed by atoms with Crippen LogP contribution in [0.25, 0.3) is 0 Å². The first-order chi connectivity index (χ1) is 10.4. The van der Waals surface area contributed by atoms with Crippen molar-refractivity contribution in [3.8, 4) is 0 Å². The van der Waals surface area contributed by atoms with Crippen LogP contribution in [0.2, 0.25) is 0 Å². The van der Waals surface area contributed by atoms with E-state index in [1.54, 1.807) is 0 Å². The summed E-state index contributed by atoms with van der Waals surface area (Å²) in [6.45, 7) is 11.3. The smallest absolute Gasteiger partial charge is 0.338 e. The molecule has 0 amide bonds. The van der Waals surface area contributed by atoms with Gasteiger partial charge in [-0.25, -0.2) is 0 Å². The Labute approximate surface area is 133 Å². The van der Waals surface area contributed by atoms with Crippen molar-refractivity contribution in [1.82, 2.24) is 0 Å². The average molecular weight is 326 g/mol. The molecule has 0 bridgehead atoms. The standard InChI is InChI=1S/C17H27O4P/c1-6-19-22(18,20-7-2)10-13-8-14-16(21-13)12(5)15-9-17(14,15)11(3)4/h8,11-12,15H,6-7,9-10H2,1-5H3/t12-,15-,17-/m1/s1. The van der Waals surface area contributed by atoms with Crippen LogP contribution in [0.15, 0.2) is 10.5 Å². The molecule has 1 fully saturated rings. The van der Waals surface area contributed by atoms with Crippen LogP contribution in [0.1, 0.15) is 64.0 Å². The minimum Gasteiger partial charge on any atom is -0.465 e. The minimum atomic E-state index is -3.10. The van der Waals surface area contributed by atoms with Crippen molar-refractivity contribution >= 4 is 7.60 Å². The highest BCUT2D eigenvalue weighted by molar-refractivity contribution is 7.53. The summed E-state index contributed by atoms with van der Waals surface area (Å²) in [4.78, 5) is 0. The highest BCUT2D eigenvalue weighted by Crippen LogP contribution is 2.71. The normalized spacial score (nSPS) is 29.7. The van der Waals surface area contributed by atoms with E-state index in [-0.39, 0.29) is 11.6 Å². The fourth-order valence-electron chi connectivity index (χ4n) is 4.35. The van der Waals surface area contributed by atoms with Gasteiger partial charge in [-0.15, -0.1) is 0 Å². The van der Waals surface area contributed by atoms with Crippen LogP contribution in [-0.2, 0) is 25.2 Å². The van der Waals surface area contributed by atoms with Gasteiger partial charge in [-0.05, 0) is 38.2 Å². The number of fused-ring (bicyclic) bond motifs is 3. The first-order valence-electron chi connectivity index (χ1n) is 8.39. The van der Waals surface area contributed by atoms with Crippen LogP contribution < -0.4 is 0 Å². The molecule has 3 rings (SSSR count). The fraction of sp³-hybridized carbons (Fsp3) is 0.765. The average Bonchev–Trinajstić information content (AvgIpc) is 2.99. The van der Waals surface area contributed by atoms with E-state index in [0.717, 1.165) is 17.4 Å². The lowest BCUT2D eigenvalue weighted by atomic mass is 9.86. The maximum atomic E-state index is 12.7. The third-order valence-corrected chi connectivity index (χ3v) is 7.42. The molecule has 3 atom stereocenters. The second-order valence-electron chi connectivity index (χ2n) is 6.89. The topological polar surface area (TPSA) is 48.7 Å². The molecule has 0 aliphatic heterocycles. The molecule has 124 valence electrons. The summed E-state index contributed by atoms with van der Waals surface area (Å²) < 4.78 is 29.5. The van der Waals surface area contributed by atoms with E-state index >= 15 is 0 Å². The summed E-state index contributed by atoms with van der Waals surface area (Å²) in [6, 6.07) is 2.11. The number of hydrogen-bond acceptors (Lipinski definition) is 4. The highest BCUT2D eigenvalue weighted by Gasteiger charge is 2.66. The molecule has 5 heteroatoms. The number of rotatable bonds is 7. The first-order valence-corrected chi connectivity index (χ1v) is 10.1. The number of furan rings is 1. The van der Waals surface area contributed by atoms with Crippen LogP contribution in [-0.4, -0.2) is 13.2 Å². The largest absolute Gasteiger partial charge is 0.465 e. The van der Waals surface area contributed by atoms with Gasteiger partial charge in [0.1, 0.15) is 17.7 Å². The van der Waals surface area contributed by atoms with Gasteiger partial charge >= 0.3 is 7.60 Å². The van der Waals surface area contributed by atoms with Crippen LogP contribution in [0.3, 0.4) is 0 Å². The summed E-state index contributed by atoms with van der Waals surface area (Å²) in [6.07, 6.45) is 1.49. The molecule has 0 N–H and O–H groups in total. The van der Waals surface area contributed by atoms with E-state index in [1.165, 1.54) is 12.0 Å². The van der Waals surface area contributed by atoms with Crippen LogP contribution in [0, 0.1) is 11.8 Å². The Morgan fingerprint density at radius 2 is 2.00 bits per heavy atom. The molecule has 4 nitrogen and oxygen atoms in total. The van der Waals surface area contributed by atoms with Crippen molar-refractivity contribution in [2.24, 2.45) is 11.8 Å². The highest BCUT2D eigenvalue weighted by atomic mass is 31.2. The van der Waals surface area contributed by atoms with E-state index in [0.29, 0.717) is 25.0 Å². The maximum Gasteiger partial charge on any atom is 0.338 e. The lowest BCUT2D eigenvalue weighted by Gasteiger charge is -2.17. The summed E-state index contributed by atoms with van der Waals surface area (Å²) in [5.74, 6) is 3.63. The van der Waals surface area contributed by atoms with Gasteiger partial charge in [-0.3, -0.25) is 4.57 Å². The van der Waals surface area contributed by atoms with Crippen LogP contribution in [0.4, 0.5) is 0 Å². The molecule has 0 saturated heterocycles. The van der Waals surface area contributed by atoms with Gasteiger partial charge in [-0.1, -0.05) is 20.8 Å². The zero-order chi connectivity index (χ0) is 16.1. The van der Waals surface area contributed by atoms with Crippen LogP contribution >= 0.6 is 7.60 Å². The zero-order valence-corrected chi connectivity index (χ0v) is 15.1. The molecule has 1 saturated carbocycles. The van der Waals surface area contributed by atoms with E-state index in [2.05, 4.69) is 26.8 Å². The molecule has 2 aliphatic rings. The van der Waals surface area contributed by atoms with E-state index in [1.807, 2.05) is 13.8 Å². The molecule has 2 aliphatic carbocycles. The number of hydrogen-bond donors (Lipinski definition) is 0. The monoisotopic (exact) mass is 326 g/mol. The molecule has 1 heterocycles. The Bertz CT molecular complexity index is 596. The van der Waals surface area contributed by atoms with Gasteiger partial charge < -0.3 is 13.5 Å². The van der Waals surface area contributed by atoms with Gasteiger partial charge in [0.15, 0.2) is 0 Å². The Morgan fingerprint density at radius 1 is 1.36 bits per heavy atom. The van der Waals surface area contributed by atoms with Gasteiger partial charge in [0.2, 0.25) is 0 Å². The Morgan fingerprint density at radius 3 is 2.55 bits per heavy atom. The van der Waals surface area contributed by atoms with Gasteiger partial charge in [0.25, 0.3) is 0 Å². The van der Waals surface area contributed by atoms with Gasteiger partial charge in [-0.2, -0.15) is 0 Å². The second-order valence-corrected chi connectivity index (χ2v) is 8.94. The predicted molar refractivity (Wildman–Crippen MR) is 86.3 cm³/mol. The second kappa shape index (κ2) is 5.51. The van der Waals surface area contributed by atoms with E-state index in [4.69, 9.17) is 13.5 Å². The molecule has 0 aromatic carbocycles. The third kappa shape index (κ3) is 2.31. The van der Waals surface area contributed by atoms with Crippen molar-refractivity contribution in [3.63, 3.8) is 0 Å². The zero-order valence-electron chi connectivity index (χ0n) is 14.2. The van der Waals surface area contributed by atoms with Crippen LogP contribution in [0.5, 0.6) is 0 Å². The summed E-state index contributed by atoms with van der Waals surface area (Å²) >= 11 is 0. The summed E-state index contributed by atoms with van der Waals surface area (Å²) in [5, 5.41) is 0. The SMILES string of the molecule is CCOP(=O)(Cc1cc2c(o1)[C@H](C)[C@H]1C[C@@]21C(C)C)OCC. The lowest BCUT2D eigenvalue weighted by Crippen LogP contribution is -2.14. The maximum absolute atomic E-state index is 12.7. The molecule has 22 heavy (non-hydrogen) atoms. The van der Waals surface area contributed by atoms with Crippen molar-refractivity contribution in [2.45, 2.75) is 58.5 Å². The Hall–Kier alpha value is -0.570. The molecule has 0 unspecified atom stereocenters. The molecule has 1 aromatic heterocycles. The molecular formula is C17H27O4P. The van der Waals surface area contributed by atoms with Gasteiger partial charge in [0, 0.05) is 16.9 Å². The molecular weight excluding hydrogens is 299 g/mol. The molecule has 0 spiro atoms. The summed E-state index contributed by atoms with van der Waals surface area (Å²) in [5.41, 5.74) is 1.63. The fourth-order valence-corrected chi connectivity index (χ4v) is 5.93. The van der Waals surface area contributed by atoms with Crippen molar-refractivity contribution in [1.29, 1.82) is 0 Å².